The van der Waals surface area contributed by atoms with E-state index in [2.05, 4.69) is 9.55 Å². The molecule has 1 fully saturated rings. The van der Waals surface area contributed by atoms with Gasteiger partial charge in [0, 0.05) is 13.5 Å². The lowest BCUT2D eigenvalue weighted by Crippen LogP contribution is -2.43. The van der Waals surface area contributed by atoms with Crippen molar-refractivity contribution in [2.45, 2.75) is 44.8 Å². The van der Waals surface area contributed by atoms with E-state index >= 15 is 0 Å². The fourth-order valence-corrected chi connectivity index (χ4v) is 3.10. The zero-order valence-electron chi connectivity index (χ0n) is 12.4. The van der Waals surface area contributed by atoms with Gasteiger partial charge in [0.25, 0.3) is 0 Å². The molecule has 2 aromatic rings. The van der Waals surface area contributed by atoms with Crippen molar-refractivity contribution in [3.05, 3.63) is 29.6 Å². The lowest BCUT2D eigenvalue weighted by Gasteiger charge is -2.41. The molecule has 0 saturated heterocycles. The van der Waals surface area contributed by atoms with Crippen molar-refractivity contribution in [3.63, 3.8) is 0 Å². The Morgan fingerprint density at radius 1 is 1.48 bits per heavy atom. The summed E-state index contributed by atoms with van der Waals surface area (Å²) in [7, 11) is 1.76. The first-order chi connectivity index (χ1) is 10.1. The van der Waals surface area contributed by atoms with Crippen LogP contribution in [-0.4, -0.2) is 33.3 Å². The molecule has 1 aromatic heterocycles. The molecule has 0 unspecified atom stereocenters. The summed E-state index contributed by atoms with van der Waals surface area (Å²) in [5, 5.41) is 9.32. The predicted octanol–water partition coefficient (Wildman–Crippen LogP) is 2.87. The van der Waals surface area contributed by atoms with Gasteiger partial charge in [-0.15, -0.1) is 0 Å². The number of imidazole rings is 1. The van der Waals surface area contributed by atoms with E-state index < -0.39 is 5.97 Å². The lowest BCUT2D eigenvalue weighted by molar-refractivity contribution is -0.0832. The first-order valence-electron chi connectivity index (χ1n) is 7.37. The molecule has 0 radical (unpaired) electrons. The number of methoxy groups -OCH3 is 1. The Morgan fingerprint density at radius 3 is 2.76 bits per heavy atom. The molecule has 1 saturated carbocycles. The smallest absolute Gasteiger partial charge is 0.337 e. The maximum absolute atomic E-state index is 11.4. The summed E-state index contributed by atoms with van der Waals surface area (Å²) >= 11 is 0. The van der Waals surface area contributed by atoms with Crippen LogP contribution < -0.4 is 0 Å². The van der Waals surface area contributed by atoms with Crippen LogP contribution in [0, 0.1) is 0 Å². The molecule has 5 heteroatoms. The van der Waals surface area contributed by atoms with Gasteiger partial charge in [-0.2, -0.15) is 0 Å². The first kappa shape index (κ1) is 14.1. The third kappa shape index (κ3) is 2.21. The van der Waals surface area contributed by atoms with E-state index in [4.69, 9.17) is 4.74 Å². The number of aromatic carboxylic acids is 1. The standard InChI is InChI=1S/C16H20N2O3/c1-3-13-17-14-11(15(19)20)6-4-7-12(14)18(13)10-16(21-2)8-5-9-16/h4,6-7H,3,5,8-10H2,1-2H3,(H,19,20). The van der Waals surface area contributed by atoms with Gasteiger partial charge in [0.1, 0.15) is 11.3 Å². The van der Waals surface area contributed by atoms with E-state index in [0.717, 1.165) is 37.1 Å². The Morgan fingerprint density at radius 2 is 2.24 bits per heavy atom. The van der Waals surface area contributed by atoms with E-state index in [1.54, 1.807) is 19.2 Å². The van der Waals surface area contributed by atoms with Crippen LogP contribution in [0.1, 0.15) is 42.4 Å². The lowest BCUT2D eigenvalue weighted by atomic mass is 9.80. The summed E-state index contributed by atoms with van der Waals surface area (Å²) in [4.78, 5) is 15.9. The summed E-state index contributed by atoms with van der Waals surface area (Å²) in [6.45, 7) is 2.78. The maximum Gasteiger partial charge on any atom is 0.337 e. The Kier molecular flexibility index (Phi) is 3.45. The van der Waals surface area contributed by atoms with Crippen molar-refractivity contribution in [1.82, 2.24) is 9.55 Å². The highest BCUT2D eigenvalue weighted by Gasteiger charge is 2.38. The molecule has 0 atom stereocenters. The Labute approximate surface area is 123 Å². The number of fused-ring (bicyclic) bond motifs is 1. The molecule has 1 aliphatic rings. The fraction of sp³-hybridized carbons (Fsp3) is 0.500. The van der Waals surface area contributed by atoms with Crippen LogP contribution in [0.3, 0.4) is 0 Å². The van der Waals surface area contributed by atoms with E-state index in [9.17, 15) is 9.90 Å². The minimum Gasteiger partial charge on any atom is -0.478 e. The van der Waals surface area contributed by atoms with Gasteiger partial charge < -0.3 is 14.4 Å². The average molecular weight is 288 g/mol. The van der Waals surface area contributed by atoms with Gasteiger partial charge in [0.05, 0.1) is 23.2 Å². The van der Waals surface area contributed by atoms with Crippen LogP contribution >= 0.6 is 0 Å². The van der Waals surface area contributed by atoms with Crippen molar-refractivity contribution in [2.75, 3.05) is 7.11 Å². The number of rotatable bonds is 5. The maximum atomic E-state index is 11.4. The molecule has 112 valence electrons. The number of nitrogens with zero attached hydrogens (tertiary/aromatic N) is 2. The summed E-state index contributed by atoms with van der Waals surface area (Å²) in [5.41, 5.74) is 1.61. The average Bonchev–Trinajstić information content (AvgIpc) is 2.80. The van der Waals surface area contributed by atoms with Crippen LogP contribution in [0.2, 0.25) is 0 Å². The largest absolute Gasteiger partial charge is 0.478 e. The molecule has 0 spiro atoms. The van der Waals surface area contributed by atoms with Gasteiger partial charge in [-0.3, -0.25) is 0 Å². The predicted molar refractivity (Wildman–Crippen MR) is 79.7 cm³/mol. The van der Waals surface area contributed by atoms with Crippen molar-refractivity contribution in [1.29, 1.82) is 0 Å². The third-order valence-corrected chi connectivity index (χ3v) is 4.55. The second kappa shape index (κ2) is 5.15. The van der Waals surface area contributed by atoms with Crippen molar-refractivity contribution in [3.8, 4) is 0 Å². The SMILES string of the molecule is CCc1nc2c(C(=O)O)cccc2n1CC1(OC)CCC1. The number of aryl methyl sites for hydroxylation is 1. The van der Waals surface area contributed by atoms with Gasteiger partial charge in [0.2, 0.25) is 0 Å². The van der Waals surface area contributed by atoms with E-state index in [1.807, 2.05) is 13.0 Å². The zero-order valence-corrected chi connectivity index (χ0v) is 12.4. The van der Waals surface area contributed by atoms with Crippen LogP contribution in [0.15, 0.2) is 18.2 Å². The molecule has 1 N–H and O–H groups in total. The number of carbonyl (C=O) groups is 1. The molecule has 0 amide bonds. The summed E-state index contributed by atoms with van der Waals surface area (Å²) in [5.74, 6) is -0.0139. The number of benzene rings is 1. The van der Waals surface area contributed by atoms with Gasteiger partial charge in [-0.05, 0) is 31.4 Å². The van der Waals surface area contributed by atoms with Gasteiger partial charge in [0.15, 0.2) is 0 Å². The number of hydrogen-bond acceptors (Lipinski definition) is 3. The number of carboxylic acid groups (broad SMARTS) is 1. The van der Waals surface area contributed by atoms with E-state index in [-0.39, 0.29) is 11.2 Å². The molecule has 1 heterocycles. The highest BCUT2D eigenvalue weighted by Crippen LogP contribution is 2.37. The van der Waals surface area contributed by atoms with Gasteiger partial charge >= 0.3 is 5.97 Å². The Hall–Kier alpha value is -1.88. The molecular weight excluding hydrogens is 268 g/mol. The van der Waals surface area contributed by atoms with Crippen molar-refractivity contribution < 1.29 is 14.6 Å². The molecular formula is C16H20N2O3. The van der Waals surface area contributed by atoms with Crippen molar-refractivity contribution >= 4 is 17.0 Å². The molecule has 5 nitrogen and oxygen atoms in total. The molecule has 0 bridgehead atoms. The second-order valence-electron chi connectivity index (χ2n) is 5.69. The highest BCUT2D eigenvalue weighted by molar-refractivity contribution is 6.01. The monoisotopic (exact) mass is 288 g/mol. The molecule has 1 aliphatic carbocycles. The highest BCUT2D eigenvalue weighted by atomic mass is 16.5. The minimum atomic E-state index is -0.932. The fourth-order valence-electron chi connectivity index (χ4n) is 3.10. The number of carboxylic acids is 1. The number of aromatic nitrogens is 2. The normalized spacial score (nSPS) is 16.9. The first-order valence-corrected chi connectivity index (χ1v) is 7.37. The topological polar surface area (TPSA) is 64.3 Å². The molecule has 21 heavy (non-hydrogen) atoms. The molecule has 1 aromatic carbocycles. The summed E-state index contributed by atoms with van der Waals surface area (Å²) in [6, 6.07) is 5.33. The zero-order chi connectivity index (χ0) is 15.0. The third-order valence-electron chi connectivity index (χ3n) is 4.55. The Balaban J connectivity index is 2.12. The molecule has 3 rings (SSSR count). The van der Waals surface area contributed by atoms with Gasteiger partial charge in [-0.1, -0.05) is 13.0 Å². The molecule has 0 aliphatic heterocycles. The van der Waals surface area contributed by atoms with Gasteiger partial charge in [-0.25, -0.2) is 9.78 Å². The number of para-hydroxylation sites is 1. The van der Waals surface area contributed by atoms with Crippen LogP contribution in [0.5, 0.6) is 0 Å². The second-order valence-corrected chi connectivity index (χ2v) is 5.69. The summed E-state index contributed by atoms with van der Waals surface area (Å²) < 4.78 is 7.84. The van der Waals surface area contributed by atoms with Crippen LogP contribution in [-0.2, 0) is 17.7 Å². The number of ether oxygens (including phenoxy) is 1. The Bertz CT molecular complexity index is 681. The van der Waals surface area contributed by atoms with E-state index in [0.29, 0.717) is 5.52 Å². The number of hydrogen-bond donors (Lipinski definition) is 1. The summed E-state index contributed by atoms with van der Waals surface area (Å²) in [6.07, 6.45) is 4.05. The van der Waals surface area contributed by atoms with E-state index in [1.165, 1.54) is 6.42 Å². The quantitative estimate of drug-likeness (QED) is 0.918. The van der Waals surface area contributed by atoms with Crippen LogP contribution in [0.4, 0.5) is 0 Å². The minimum absolute atomic E-state index is 0.114. The van der Waals surface area contributed by atoms with Crippen molar-refractivity contribution in [2.24, 2.45) is 0 Å². The van der Waals surface area contributed by atoms with Crippen LogP contribution in [0.25, 0.3) is 11.0 Å².